The maximum atomic E-state index is 12.0. The molecule has 0 atom stereocenters. The highest BCUT2D eigenvalue weighted by Crippen LogP contribution is 2.36. The smallest absolute Gasteiger partial charge is 0.311 e. The van der Waals surface area contributed by atoms with Crippen LogP contribution in [0.4, 0.5) is 5.69 Å². The van der Waals surface area contributed by atoms with Crippen molar-refractivity contribution in [3.8, 4) is 17.3 Å². The highest BCUT2D eigenvalue weighted by atomic mass is 79.9. The van der Waals surface area contributed by atoms with Gasteiger partial charge in [-0.15, -0.1) is 10.2 Å². The molecule has 0 radical (unpaired) electrons. The van der Waals surface area contributed by atoms with Gasteiger partial charge in [-0.1, -0.05) is 27.5 Å². The van der Waals surface area contributed by atoms with Crippen LogP contribution in [0.5, 0.6) is 5.95 Å². The Kier molecular flexibility index (Phi) is 4.78. The summed E-state index contributed by atoms with van der Waals surface area (Å²) in [6.45, 7) is 0. The van der Waals surface area contributed by atoms with E-state index in [0.29, 0.717) is 16.3 Å². The predicted octanol–water partition coefficient (Wildman–Crippen LogP) is 5.99. The van der Waals surface area contributed by atoms with Crippen molar-refractivity contribution in [2.45, 2.75) is 0 Å². The van der Waals surface area contributed by atoms with Crippen molar-refractivity contribution >= 4 is 39.1 Å². The van der Waals surface area contributed by atoms with Crippen LogP contribution in [0.1, 0.15) is 10.4 Å². The monoisotopic (exact) mass is 404 g/mol. The van der Waals surface area contributed by atoms with Gasteiger partial charge >= 0.3 is 5.95 Å². The number of aromatic hydroxyl groups is 1. The first-order chi connectivity index (χ1) is 11.5. The molecule has 1 heterocycles. The van der Waals surface area contributed by atoms with Crippen LogP contribution in [-0.2, 0) is 0 Å². The van der Waals surface area contributed by atoms with Crippen molar-refractivity contribution in [2.75, 3.05) is 0 Å². The zero-order valence-corrected chi connectivity index (χ0v) is 14.5. The van der Waals surface area contributed by atoms with E-state index in [2.05, 4.69) is 26.2 Å². The van der Waals surface area contributed by atoms with Crippen LogP contribution in [0.2, 0.25) is 5.02 Å². The number of carbonyl (C=O) groups is 1. The number of furan rings is 1. The quantitative estimate of drug-likeness (QED) is 0.544. The molecule has 0 saturated carbocycles. The van der Waals surface area contributed by atoms with Crippen molar-refractivity contribution in [1.82, 2.24) is 0 Å². The van der Waals surface area contributed by atoms with Crippen molar-refractivity contribution in [3.63, 3.8) is 0 Å². The van der Waals surface area contributed by atoms with E-state index in [0.717, 1.165) is 10.0 Å². The first kappa shape index (κ1) is 16.4. The molecular weight excluding hydrogens is 396 g/mol. The summed E-state index contributed by atoms with van der Waals surface area (Å²) >= 11 is 9.12. The Balaban J connectivity index is 1.81. The van der Waals surface area contributed by atoms with E-state index in [9.17, 15) is 9.90 Å². The van der Waals surface area contributed by atoms with E-state index in [4.69, 9.17) is 16.0 Å². The highest BCUT2D eigenvalue weighted by molar-refractivity contribution is 9.10. The Morgan fingerprint density at radius 2 is 1.75 bits per heavy atom. The summed E-state index contributed by atoms with van der Waals surface area (Å²) in [7, 11) is 0. The predicted molar refractivity (Wildman–Crippen MR) is 93.8 cm³/mol. The molecule has 5 nitrogen and oxygen atoms in total. The largest absolute Gasteiger partial charge is 0.479 e. The Hall–Kier alpha value is -2.44. The molecule has 3 aromatic rings. The van der Waals surface area contributed by atoms with E-state index in [1.54, 1.807) is 48.5 Å². The number of carbonyl (C=O) groups excluding carboxylic acids is 1. The fourth-order valence-electron chi connectivity index (χ4n) is 1.95. The standard InChI is InChI=1S/C17H10BrClN2O3/c18-12-5-1-11(2-6-12)16(22)21-20-14-9-15(24-17(14)23)10-3-7-13(19)8-4-10/h1-9,23H. The van der Waals surface area contributed by atoms with Gasteiger partial charge in [0.05, 0.1) is 0 Å². The first-order valence-corrected chi connectivity index (χ1v) is 8.00. The zero-order valence-electron chi connectivity index (χ0n) is 12.1. The molecule has 1 aromatic heterocycles. The molecule has 2 aromatic carbocycles. The average Bonchev–Trinajstić information content (AvgIpc) is 2.95. The molecule has 0 bridgehead atoms. The molecule has 0 aliphatic rings. The third-order valence-corrected chi connectivity index (χ3v) is 3.94. The number of nitrogens with zero attached hydrogens (tertiary/aromatic N) is 2. The van der Waals surface area contributed by atoms with Crippen molar-refractivity contribution < 1.29 is 14.3 Å². The van der Waals surface area contributed by atoms with Crippen LogP contribution in [0.3, 0.4) is 0 Å². The maximum Gasteiger partial charge on any atom is 0.311 e. The van der Waals surface area contributed by atoms with E-state index in [1.807, 2.05) is 0 Å². The summed E-state index contributed by atoms with van der Waals surface area (Å²) in [5.41, 5.74) is 1.18. The molecule has 120 valence electrons. The molecule has 0 unspecified atom stereocenters. The Morgan fingerprint density at radius 1 is 1.08 bits per heavy atom. The summed E-state index contributed by atoms with van der Waals surface area (Å²) in [4.78, 5) is 12.0. The fourth-order valence-corrected chi connectivity index (χ4v) is 2.34. The number of rotatable bonds is 3. The lowest BCUT2D eigenvalue weighted by Crippen LogP contribution is -1.92. The summed E-state index contributed by atoms with van der Waals surface area (Å²) in [5, 5.41) is 17.8. The van der Waals surface area contributed by atoms with Crippen LogP contribution in [-0.4, -0.2) is 11.0 Å². The van der Waals surface area contributed by atoms with Gasteiger partial charge in [-0.2, -0.15) is 0 Å². The summed E-state index contributed by atoms with van der Waals surface area (Å²) in [6, 6.07) is 15.1. The number of hydrogen-bond acceptors (Lipinski definition) is 4. The molecule has 1 amide bonds. The molecule has 0 saturated heterocycles. The minimum absolute atomic E-state index is 0.0745. The molecule has 7 heteroatoms. The van der Waals surface area contributed by atoms with Gasteiger partial charge in [0.1, 0.15) is 5.76 Å². The highest BCUT2D eigenvalue weighted by Gasteiger charge is 2.12. The van der Waals surface area contributed by atoms with E-state index >= 15 is 0 Å². The lowest BCUT2D eigenvalue weighted by atomic mass is 10.2. The van der Waals surface area contributed by atoms with Gasteiger partial charge in [0, 0.05) is 26.7 Å². The van der Waals surface area contributed by atoms with Gasteiger partial charge in [-0.05, 0) is 48.5 Å². The SMILES string of the molecule is O=C(N=Nc1cc(-c2ccc(Cl)cc2)oc1O)c1ccc(Br)cc1. The summed E-state index contributed by atoms with van der Waals surface area (Å²) in [6.07, 6.45) is 0. The third kappa shape index (κ3) is 3.72. The zero-order chi connectivity index (χ0) is 17.1. The van der Waals surface area contributed by atoms with Gasteiger partial charge < -0.3 is 9.52 Å². The van der Waals surface area contributed by atoms with Gasteiger partial charge in [0.2, 0.25) is 0 Å². The summed E-state index contributed by atoms with van der Waals surface area (Å²) < 4.78 is 6.09. The molecule has 0 aliphatic carbocycles. The molecular formula is C17H10BrClN2O3. The van der Waals surface area contributed by atoms with Gasteiger partial charge in [-0.25, -0.2) is 0 Å². The molecule has 24 heavy (non-hydrogen) atoms. The lowest BCUT2D eigenvalue weighted by Gasteiger charge is -1.95. The second-order valence-corrected chi connectivity index (χ2v) is 6.17. The van der Waals surface area contributed by atoms with Crippen LogP contribution >= 0.6 is 27.5 Å². The molecule has 0 spiro atoms. The molecule has 1 N–H and O–H groups in total. The van der Waals surface area contributed by atoms with Crippen molar-refractivity contribution in [1.29, 1.82) is 0 Å². The number of hydrogen-bond donors (Lipinski definition) is 1. The Bertz CT molecular complexity index is 903. The second kappa shape index (κ2) is 6.98. The number of halogens is 2. The minimum atomic E-state index is -0.517. The number of benzene rings is 2. The van der Waals surface area contributed by atoms with E-state index < -0.39 is 11.9 Å². The number of azo groups is 1. The summed E-state index contributed by atoms with van der Waals surface area (Å²) in [5.74, 6) is -0.530. The lowest BCUT2D eigenvalue weighted by molar-refractivity contribution is 0.0995. The van der Waals surface area contributed by atoms with Crippen molar-refractivity contribution in [2.24, 2.45) is 10.2 Å². The first-order valence-electron chi connectivity index (χ1n) is 6.83. The van der Waals surface area contributed by atoms with Gasteiger partial charge in [0.15, 0.2) is 5.69 Å². The van der Waals surface area contributed by atoms with Crippen LogP contribution < -0.4 is 0 Å². The minimum Gasteiger partial charge on any atom is -0.479 e. The van der Waals surface area contributed by atoms with Gasteiger partial charge in [-0.3, -0.25) is 4.79 Å². The normalized spacial score (nSPS) is 11.1. The maximum absolute atomic E-state index is 12.0. The fraction of sp³-hybridized carbons (Fsp3) is 0. The molecule has 0 fully saturated rings. The number of amides is 1. The topological polar surface area (TPSA) is 75.2 Å². The van der Waals surface area contributed by atoms with E-state index in [-0.39, 0.29) is 5.69 Å². The average molecular weight is 406 g/mol. The Labute approximate surface area is 150 Å². The third-order valence-electron chi connectivity index (χ3n) is 3.16. The van der Waals surface area contributed by atoms with Crippen molar-refractivity contribution in [3.05, 3.63) is 69.7 Å². The van der Waals surface area contributed by atoms with E-state index in [1.165, 1.54) is 6.07 Å². The molecule has 3 rings (SSSR count). The second-order valence-electron chi connectivity index (χ2n) is 4.82. The van der Waals surface area contributed by atoms with Gasteiger partial charge in [0.25, 0.3) is 5.91 Å². The Morgan fingerprint density at radius 3 is 2.42 bits per heavy atom. The van der Waals surface area contributed by atoms with Crippen LogP contribution in [0, 0.1) is 0 Å². The molecule has 0 aliphatic heterocycles. The van der Waals surface area contributed by atoms with Crippen LogP contribution in [0.25, 0.3) is 11.3 Å². The van der Waals surface area contributed by atoms with Crippen LogP contribution in [0.15, 0.2) is 73.7 Å².